The van der Waals surface area contributed by atoms with Gasteiger partial charge >= 0.3 is 12.1 Å². The van der Waals surface area contributed by atoms with Gasteiger partial charge in [0.1, 0.15) is 11.4 Å². The van der Waals surface area contributed by atoms with Crippen LogP contribution in [0.4, 0.5) is 22.0 Å². The molecule has 0 atom stereocenters. The van der Waals surface area contributed by atoms with Gasteiger partial charge in [-0.15, -0.1) is 0 Å². The highest BCUT2D eigenvalue weighted by molar-refractivity contribution is 5.87. The zero-order valence-corrected chi connectivity index (χ0v) is 10.3. The van der Waals surface area contributed by atoms with Gasteiger partial charge in [0, 0.05) is 17.7 Å². The number of aromatic nitrogens is 1. The number of rotatable bonds is 4. The number of carbonyl (C=O) groups is 1. The van der Waals surface area contributed by atoms with Gasteiger partial charge in [0.15, 0.2) is 0 Å². The highest BCUT2D eigenvalue weighted by Crippen LogP contribution is 2.35. The van der Waals surface area contributed by atoms with Crippen molar-refractivity contribution in [1.82, 2.24) is 4.98 Å². The smallest absolute Gasteiger partial charge is 0.433 e. The molecule has 112 valence electrons. The number of carbonyl (C=O) groups excluding carboxylic acids is 1. The van der Waals surface area contributed by atoms with Crippen LogP contribution in [0, 0.1) is 0 Å². The van der Waals surface area contributed by atoms with Crippen molar-refractivity contribution in [2.45, 2.75) is 26.1 Å². The Morgan fingerprint density at radius 2 is 2.05 bits per heavy atom. The molecule has 0 aromatic carbocycles. The molecule has 0 spiro atoms. The van der Waals surface area contributed by atoms with Crippen molar-refractivity contribution in [1.29, 1.82) is 0 Å². The molecule has 0 saturated heterocycles. The van der Waals surface area contributed by atoms with Crippen molar-refractivity contribution in [3.63, 3.8) is 0 Å². The summed E-state index contributed by atoms with van der Waals surface area (Å²) in [5.74, 6) is -1.21. The maximum Gasteiger partial charge on any atom is 0.433 e. The van der Waals surface area contributed by atoms with E-state index in [-0.39, 0.29) is 6.61 Å². The quantitative estimate of drug-likeness (QED) is 0.685. The summed E-state index contributed by atoms with van der Waals surface area (Å²) in [7, 11) is 0. The summed E-state index contributed by atoms with van der Waals surface area (Å²) in [6.45, 7) is 0.528. The third-order valence-corrected chi connectivity index (χ3v) is 2.35. The van der Waals surface area contributed by atoms with Crippen molar-refractivity contribution in [3.05, 3.63) is 28.6 Å². The molecule has 0 aliphatic heterocycles. The van der Waals surface area contributed by atoms with E-state index in [2.05, 4.69) is 9.72 Å². The van der Waals surface area contributed by atoms with Gasteiger partial charge in [-0.05, 0) is 13.0 Å². The summed E-state index contributed by atoms with van der Waals surface area (Å²) in [6.07, 6.45) is -8.22. The lowest BCUT2D eigenvalue weighted by Gasteiger charge is -2.16. The number of halogens is 5. The van der Waals surface area contributed by atoms with Gasteiger partial charge in [0.25, 0.3) is 6.43 Å². The minimum absolute atomic E-state index is 0.121. The van der Waals surface area contributed by atoms with Gasteiger partial charge in [-0.3, -0.25) is 0 Å². The number of pyridine rings is 1. The third kappa shape index (κ3) is 3.41. The Morgan fingerprint density at radius 3 is 2.45 bits per heavy atom. The van der Waals surface area contributed by atoms with Crippen molar-refractivity contribution in [2.24, 2.45) is 5.73 Å². The molecule has 0 unspecified atom stereocenters. The summed E-state index contributed by atoms with van der Waals surface area (Å²) >= 11 is 0. The Morgan fingerprint density at radius 1 is 1.45 bits per heavy atom. The largest absolute Gasteiger partial charge is 0.461 e. The van der Waals surface area contributed by atoms with Gasteiger partial charge in [0.2, 0.25) is 0 Å². The highest BCUT2D eigenvalue weighted by atomic mass is 19.4. The number of esters is 1. The van der Waals surface area contributed by atoms with Gasteiger partial charge in [-0.25, -0.2) is 18.6 Å². The van der Waals surface area contributed by atoms with Crippen molar-refractivity contribution < 1.29 is 31.5 Å². The van der Waals surface area contributed by atoms with Gasteiger partial charge in [-0.1, -0.05) is 0 Å². The van der Waals surface area contributed by atoms with Gasteiger partial charge in [0.05, 0.1) is 6.61 Å². The second-order valence-electron chi connectivity index (χ2n) is 3.65. The van der Waals surface area contributed by atoms with E-state index < -0.39 is 47.6 Å². The summed E-state index contributed by atoms with van der Waals surface area (Å²) in [4.78, 5) is 14.4. The highest BCUT2D eigenvalue weighted by Gasteiger charge is 2.38. The molecule has 0 saturated carbocycles. The van der Waals surface area contributed by atoms with Crippen LogP contribution in [0.5, 0.6) is 0 Å². The normalized spacial score (nSPS) is 11.8. The summed E-state index contributed by atoms with van der Waals surface area (Å²) in [6, 6.07) is 0.570. The van der Waals surface area contributed by atoms with Crippen LogP contribution in [-0.4, -0.2) is 17.6 Å². The Balaban J connectivity index is 3.52. The molecule has 0 radical (unpaired) electrons. The molecule has 1 heterocycles. The van der Waals surface area contributed by atoms with E-state index in [0.717, 1.165) is 0 Å². The minimum Gasteiger partial charge on any atom is -0.461 e. The average Bonchev–Trinajstić information content (AvgIpc) is 2.36. The molecule has 1 aromatic heterocycles. The van der Waals surface area contributed by atoms with Crippen LogP contribution in [-0.2, 0) is 17.5 Å². The molecule has 9 heteroatoms. The molecular weight excluding hydrogens is 287 g/mol. The van der Waals surface area contributed by atoms with Crippen LogP contribution in [0.3, 0.4) is 0 Å². The van der Waals surface area contributed by atoms with E-state index in [1.54, 1.807) is 0 Å². The molecule has 4 nitrogen and oxygen atoms in total. The van der Waals surface area contributed by atoms with E-state index in [1.165, 1.54) is 6.92 Å². The average molecular weight is 298 g/mol. The number of ether oxygens (including phenoxy) is 1. The second-order valence-corrected chi connectivity index (χ2v) is 3.65. The standard InChI is InChI=1S/C11H11F5N2O2/c1-2-20-10(19)7-3-5(9(12)13)6(4-17)8(18-7)11(14,15)16/h3,9H,2,4,17H2,1H3. The summed E-state index contributed by atoms with van der Waals surface area (Å²) < 4.78 is 68.5. The van der Waals surface area contributed by atoms with Crippen LogP contribution in [0.2, 0.25) is 0 Å². The zero-order chi connectivity index (χ0) is 15.5. The first kappa shape index (κ1) is 16.3. The SMILES string of the molecule is CCOC(=O)c1cc(C(F)F)c(CN)c(C(F)(F)F)n1. The summed E-state index contributed by atoms with van der Waals surface area (Å²) in [5, 5.41) is 0. The number of alkyl halides is 5. The van der Waals surface area contributed by atoms with Gasteiger partial charge in [-0.2, -0.15) is 13.2 Å². The topological polar surface area (TPSA) is 65.2 Å². The van der Waals surface area contributed by atoms with E-state index >= 15 is 0 Å². The molecule has 20 heavy (non-hydrogen) atoms. The lowest BCUT2D eigenvalue weighted by molar-refractivity contribution is -0.142. The first-order chi connectivity index (χ1) is 9.22. The molecule has 0 bridgehead atoms. The maximum absolute atomic E-state index is 12.8. The summed E-state index contributed by atoms with van der Waals surface area (Å²) in [5.41, 5.74) is 0.851. The van der Waals surface area contributed by atoms with E-state index in [1.807, 2.05) is 0 Å². The first-order valence-corrected chi connectivity index (χ1v) is 5.48. The molecule has 0 aliphatic rings. The van der Waals surface area contributed by atoms with Crippen LogP contribution < -0.4 is 5.73 Å². The minimum atomic E-state index is -5.00. The lowest BCUT2D eigenvalue weighted by Crippen LogP contribution is -2.20. The van der Waals surface area contributed by atoms with Crippen molar-refractivity contribution >= 4 is 5.97 Å². The number of hydrogen-bond acceptors (Lipinski definition) is 4. The monoisotopic (exact) mass is 298 g/mol. The Bertz CT molecular complexity index is 502. The molecule has 1 aromatic rings. The predicted molar refractivity (Wildman–Crippen MR) is 58.0 cm³/mol. The fourth-order valence-corrected chi connectivity index (χ4v) is 1.54. The molecule has 0 fully saturated rings. The molecule has 1 rings (SSSR count). The first-order valence-electron chi connectivity index (χ1n) is 5.48. The Kier molecular flexibility index (Phi) is 4.98. The predicted octanol–water partition coefficient (Wildman–Crippen LogP) is 2.67. The Hall–Kier alpha value is -1.77. The zero-order valence-electron chi connectivity index (χ0n) is 10.3. The maximum atomic E-state index is 12.8. The molecule has 0 aliphatic carbocycles. The second kappa shape index (κ2) is 6.12. The van der Waals surface area contributed by atoms with Crippen LogP contribution in [0.25, 0.3) is 0 Å². The molecule has 2 N–H and O–H groups in total. The Labute approximate surface area is 110 Å². The van der Waals surface area contributed by atoms with Gasteiger partial charge < -0.3 is 10.5 Å². The van der Waals surface area contributed by atoms with Crippen molar-refractivity contribution in [3.8, 4) is 0 Å². The van der Waals surface area contributed by atoms with Crippen molar-refractivity contribution in [2.75, 3.05) is 6.61 Å². The van der Waals surface area contributed by atoms with Crippen LogP contribution >= 0.6 is 0 Å². The van der Waals surface area contributed by atoms with Crippen LogP contribution in [0.15, 0.2) is 6.07 Å². The van der Waals surface area contributed by atoms with E-state index in [9.17, 15) is 26.7 Å². The number of nitrogens with two attached hydrogens (primary N) is 1. The fourth-order valence-electron chi connectivity index (χ4n) is 1.54. The van der Waals surface area contributed by atoms with E-state index in [0.29, 0.717) is 6.07 Å². The number of nitrogens with zero attached hydrogens (tertiary/aromatic N) is 1. The fraction of sp³-hybridized carbons (Fsp3) is 0.455. The number of hydrogen-bond donors (Lipinski definition) is 1. The lowest BCUT2D eigenvalue weighted by atomic mass is 10.0. The third-order valence-electron chi connectivity index (χ3n) is 2.35. The van der Waals surface area contributed by atoms with E-state index in [4.69, 9.17) is 5.73 Å². The van der Waals surface area contributed by atoms with Crippen LogP contribution in [0.1, 0.15) is 40.7 Å². The molecule has 0 amide bonds. The molecular formula is C11H11F5N2O2.